The van der Waals surface area contributed by atoms with Crippen LogP contribution >= 0.6 is 0 Å². The summed E-state index contributed by atoms with van der Waals surface area (Å²) in [5.74, 6) is -0.637. The van der Waals surface area contributed by atoms with Crippen molar-refractivity contribution in [3.8, 4) is 17.3 Å². The van der Waals surface area contributed by atoms with Crippen molar-refractivity contribution in [3.05, 3.63) is 77.5 Å². The predicted molar refractivity (Wildman–Crippen MR) is 122 cm³/mol. The Morgan fingerprint density at radius 2 is 1.84 bits per heavy atom. The number of nitrogens with zero attached hydrogens (tertiary/aromatic N) is 2. The Bertz CT molecular complexity index is 1310. The summed E-state index contributed by atoms with van der Waals surface area (Å²) < 4.78 is 34.5. The fourth-order valence-electron chi connectivity index (χ4n) is 3.25. The lowest BCUT2D eigenvalue weighted by Gasteiger charge is -2.24. The lowest BCUT2D eigenvalue weighted by atomic mass is 9.86. The highest BCUT2D eigenvalue weighted by Gasteiger charge is 2.28. The number of rotatable bonds is 5. The average Bonchev–Trinajstić information content (AvgIpc) is 2.77. The molecule has 3 aromatic rings. The third-order valence-electron chi connectivity index (χ3n) is 4.83. The largest absolute Gasteiger partial charge is 0.465 e. The zero-order valence-electron chi connectivity index (χ0n) is 18.2. The number of hydrogen-bond acceptors (Lipinski definition) is 6. The van der Waals surface area contributed by atoms with Gasteiger partial charge in [-0.05, 0) is 53.4 Å². The first-order chi connectivity index (χ1) is 15.1. The van der Waals surface area contributed by atoms with Crippen molar-refractivity contribution in [3.63, 3.8) is 0 Å². The minimum absolute atomic E-state index is 0.0396. The Labute approximate surface area is 187 Å². The molecule has 0 spiro atoms. The minimum atomic E-state index is -4.14. The molecule has 2 aromatic carbocycles. The van der Waals surface area contributed by atoms with E-state index in [0.717, 1.165) is 0 Å². The van der Waals surface area contributed by atoms with Gasteiger partial charge in [-0.3, -0.25) is 9.71 Å². The van der Waals surface area contributed by atoms with Crippen LogP contribution in [-0.4, -0.2) is 26.5 Å². The number of nitriles is 1. The van der Waals surface area contributed by atoms with E-state index in [1.165, 1.54) is 19.2 Å². The fraction of sp³-hybridized carbons (Fsp3) is 0.208. The molecule has 0 saturated carbocycles. The monoisotopic (exact) mass is 449 g/mol. The SMILES string of the molecule is COC(=O)c1ccc(C(C)(C)C)c(S(=O)(=O)Nc2cc(C#N)ccc2-c2ccccn2)c1. The first-order valence-electron chi connectivity index (χ1n) is 9.78. The van der Waals surface area contributed by atoms with Gasteiger partial charge in [-0.25, -0.2) is 13.2 Å². The van der Waals surface area contributed by atoms with Crippen molar-refractivity contribution >= 4 is 21.7 Å². The normalized spacial score (nSPS) is 11.5. The van der Waals surface area contributed by atoms with Crippen molar-refractivity contribution in [2.75, 3.05) is 11.8 Å². The number of benzene rings is 2. The number of esters is 1. The summed E-state index contributed by atoms with van der Waals surface area (Å²) in [6, 6.07) is 16.5. The maximum absolute atomic E-state index is 13.5. The van der Waals surface area contributed by atoms with Gasteiger partial charge in [0.25, 0.3) is 10.0 Å². The van der Waals surface area contributed by atoms with Gasteiger partial charge in [-0.1, -0.05) is 32.9 Å². The molecule has 32 heavy (non-hydrogen) atoms. The van der Waals surface area contributed by atoms with E-state index in [9.17, 15) is 18.5 Å². The van der Waals surface area contributed by atoms with Gasteiger partial charge in [0.05, 0.1) is 40.6 Å². The topological polar surface area (TPSA) is 109 Å². The Morgan fingerprint density at radius 1 is 1.09 bits per heavy atom. The summed E-state index contributed by atoms with van der Waals surface area (Å²) in [5, 5.41) is 9.32. The molecule has 0 fully saturated rings. The fourth-order valence-corrected chi connectivity index (χ4v) is 4.77. The number of anilines is 1. The van der Waals surface area contributed by atoms with Crippen molar-refractivity contribution in [1.29, 1.82) is 5.26 Å². The van der Waals surface area contributed by atoms with E-state index in [-0.39, 0.29) is 16.1 Å². The molecule has 1 heterocycles. The molecule has 0 aliphatic rings. The zero-order chi connectivity index (χ0) is 23.5. The molecule has 0 aliphatic heterocycles. The second kappa shape index (κ2) is 8.81. The van der Waals surface area contributed by atoms with Gasteiger partial charge in [0.1, 0.15) is 0 Å². The Balaban J connectivity index is 2.18. The molecule has 1 N–H and O–H groups in total. The van der Waals surface area contributed by atoms with E-state index in [1.807, 2.05) is 26.8 Å². The summed E-state index contributed by atoms with van der Waals surface area (Å²) in [4.78, 5) is 16.3. The van der Waals surface area contributed by atoms with Crippen molar-refractivity contribution in [2.45, 2.75) is 31.1 Å². The number of hydrogen-bond donors (Lipinski definition) is 1. The van der Waals surface area contributed by atoms with E-state index < -0.39 is 21.4 Å². The van der Waals surface area contributed by atoms with E-state index in [2.05, 4.69) is 9.71 Å². The molecule has 0 bridgehead atoms. The van der Waals surface area contributed by atoms with Gasteiger partial charge in [0.15, 0.2) is 0 Å². The number of carbonyl (C=O) groups is 1. The number of sulfonamides is 1. The molecule has 0 radical (unpaired) electrons. The predicted octanol–water partition coefficient (Wildman–Crippen LogP) is 4.51. The molecule has 0 amide bonds. The number of carbonyl (C=O) groups excluding carboxylic acids is 1. The molecule has 0 atom stereocenters. The molecule has 3 rings (SSSR count). The second-order valence-corrected chi connectivity index (χ2v) is 9.80. The van der Waals surface area contributed by atoms with Gasteiger partial charge in [0.2, 0.25) is 0 Å². The first-order valence-corrected chi connectivity index (χ1v) is 11.3. The Hall–Kier alpha value is -3.70. The van der Waals surface area contributed by atoms with Crippen LogP contribution in [0.5, 0.6) is 0 Å². The number of nitrogens with one attached hydrogen (secondary N) is 1. The third-order valence-corrected chi connectivity index (χ3v) is 6.24. The molecule has 0 saturated heterocycles. The van der Waals surface area contributed by atoms with Crippen LogP contribution in [-0.2, 0) is 20.2 Å². The van der Waals surface area contributed by atoms with E-state index in [1.54, 1.807) is 48.7 Å². The van der Waals surface area contributed by atoms with E-state index >= 15 is 0 Å². The summed E-state index contributed by atoms with van der Waals surface area (Å²) in [6.07, 6.45) is 1.60. The maximum atomic E-state index is 13.5. The van der Waals surface area contributed by atoms with Crippen molar-refractivity contribution in [2.24, 2.45) is 0 Å². The standard InChI is InChI=1S/C24H23N3O4S/c1-24(2,3)19-11-9-17(23(28)31-4)14-22(19)32(29,30)27-21-13-16(15-25)8-10-18(21)20-7-5-6-12-26-20/h5-14,27H,1-4H3. The molecule has 0 aliphatic carbocycles. The second-order valence-electron chi connectivity index (χ2n) is 8.15. The maximum Gasteiger partial charge on any atom is 0.337 e. The van der Waals surface area contributed by atoms with Crippen LogP contribution < -0.4 is 4.72 Å². The number of aromatic nitrogens is 1. The molecular weight excluding hydrogens is 426 g/mol. The van der Waals surface area contributed by atoms with Crippen LogP contribution in [0.1, 0.15) is 42.3 Å². The van der Waals surface area contributed by atoms with Gasteiger partial charge < -0.3 is 4.74 Å². The Morgan fingerprint density at radius 3 is 2.44 bits per heavy atom. The van der Waals surface area contributed by atoms with E-state index in [0.29, 0.717) is 22.4 Å². The van der Waals surface area contributed by atoms with Crippen LogP contribution in [0.15, 0.2) is 65.7 Å². The Kier molecular flexibility index (Phi) is 6.32. The first kappa shape index (κ1) is 23.0. The highest BCUT2D eigenvalue weighted by atomic mass is 32.2. The van der Waals surface area contributed by atoms with Crippen molar-refractivity contribution < 1.29 is 17.9 Å². The van der Waals surface area contributed by atoms with Crippen LogP contribution in [0.2, 0.25) is 0 Å². The summed E-state index contributed by atoms with van der Waals surface area (Å²) in [5.41, 5.74) is 1.72. The van der Waals surface area contributed by atoms with Crippen LogP contribution in [0.3, 0.4) is 0 Å². The van der Waals surface area contributed by atoms with Gasteiger partial charge >= 0.3 is 5.97 Å². The molecule has 7 nitrogen and oxygen atoms in total. The van der Waals surface area contributed by atoms with E-state index in [4.69, 9.17) is 4.74 Å². The zero-order valence-corrected chi connectivity index (χ0v) is 19.0. The van der Waals surface area contributed by atoms with Gasteiger partial charge in [-0.15, -0.1) is 0 Å². The summed E-state index contributed by atoms with van der Waals surface area (Å²) >= 11 is 0. The molecule has 1 aromatic heterocycles. The molecule has 8 heteroatoms. The van der Waals surface area contributed by atoms with Crippen molar-refractivity contribution in [1.82, 2.24) is 4.98 Å². The average molecular weight is 450 g/mol. The minimum Gasteiger partial charge on any atom is -0.465 e. The van der Waals surface area contributed by atoms with Gasteiger partial charge in [0, 0.05) is 11.8 Å². The number of pyridine rings is 1. The lowest BCUT2D eigenvalue weighted by molar-refractivity contribution is 0.0600. The smallest absolute Gasteiger partial charge is 0.337 e. The van der Waals surface area contributed by atoms with Crippen LogP contribution in [0, 0.1) is 11.3 Å². The van der Waals surface area contributed by atoms with Crippen LogP contribution in [0.25, 0.3) is 11.3 Å². The quantitative estimate of drug-likeness (QED) is 0.574. The van der Waals surface area contributed by atoms with Crippen LogP contribution in [0.4, 0.5) is 5.69 Å². The highest BCUT2D eigenvalue weighted by Crippen LogP contribution is 2.34. The molecular formula is C24H23N3O4S. The number of ether oxygens (including phenoxy) is 1. The lowest BCUT2D eigenvalue weighted by Crippen LogP contribution is -2.22. The number of methoxy groups -OCH3 is 1. The highest BCUT2D eigenvalue weighted by molar-refractivity contribution is 7.92. The molecule has 0 unspecified atom stereocenters. The summed E-state index contributed by atoms with van der Waals surface area (Å²) in [6.45, 7) is 5.65. The third kappa shape index (κ3) is 4.79. The molecule has 164 valence electrons. The summed E-state index contributed by atoms with van der Waals surface area (Å²) in [7, 11) is -2.91. The van der Waals surface area contributed by atoms with Gasteiger partial charge in [-0.2, -0.15) is 5.26 Å².